The van der Waals surface area contributed by atoms with Gasteiger partial charge in [0.1, 0.15) is 0 Å². The Bertz CT molecular complexity index is 413. The summed E-state index contributed by atoms with van der Waals surface area (Å²) in [5.41, 5.74) is 0.704. The third-order valence-corrected chi connectivity index (χ3v) is 3.18. The summed E-state index contributed by atoms with van der Waals surface area (Å²) >= 11 is 3.35. The Labute approximate surface area is 90.5 Å². The summed E-state index contributed by atoms with van der Waals surface area (Å²) in [6.45, 7) is 1.79. The molecule has 1 saturated carbocycles. The van der Waals surface area contributed by atoms with Crippen molar-refractivity contribution in [1.82, 2.24) is 4.57 Å². The van der Waals surface area contributed by atoms with Gasteiger partial charge in [-0.25, -0.2) is 0 Å². The number of aliphatic hydroxyl groups is 1. The predicted molar refractivity (Wildman–Crippen MR) is 57.4 cm³/mol. The Morgan fingerprint density at radius 1 is 1.57 bits per heavy atom. The van der Waals surface area contributed by atoms with Crippen molar-refractivity contribution in [2.75, 3.05) is 0 Å². The lowest BCUT2D eigenvalue weighted by Crippen LogP contribution is -2.39. The van der Waals surface area contributed by atoms with Crippen molar-refractivity contribution < 1.29 is 5.11 Å². The minimum Gasteiger partial charge on any atom is -0.391 e. The Hall–Kier alpha value is -0.610. The minimum absolute atomic E-state index is 0.00282. The lowest BCUT2D eigenvalue weighted by atomic mass is 9.89. The fourth-order valence-corrected chi connectivity index (χ4v) is 2.30. The number of hydrogen-bond donors (Lipinski definition) is 1. The van der Waals surface area contributed by atoms with Crippen LogP contribution in [0.15, 0.2) is 21.5 Å². The van der Waals surface area contributed by atoms with E-state index in [1.807, 2.05) is 0 Å². The molecule has 1 aromatic rings. The number of aromatic nitrogens is 1. The molecule has 0 radical (unpaired) electrons. The first-order chi connectivity index (χ1) is 6.59. The fraction of sp³-hybridized carbons (Fsp3) is 0.500. The molecule has 1 aliphatic carbocycles. The standard InChI is InChI=1S/C10H12BrNO2/c1-6-4-7(11)5-12(10(6)14)8-2-3-9(8)13/h4-5,8-9,13H,2-3H2,1H3/t8?,9-/m1/s1. The number of aryl methyl sites for hydroxylation is 1. The molecule has 0 aliphatic heterocycles. The maximum absolute atomic E-state index is 11.7. The Morgan fingerprint density at radius 2 is 2.29 bits per heavy atom. The van der Waals surface area contributed by atoms with Crippen molar-refractivity contribution in [2.45, 2.75) is 31.9 Å². The van der Waals surface area contributed by atoms with E-state index in [1.165, 1.54) is 0 Å². The Morgan fingerprint density at radius 3 is 2.79 bits per heavy atom. The molecule has 1 heterocycles. The second kappa shape index (κ2) is 3.51. The van der Waals surface area contributed by atoms with Crippen LogP contribution in [0.25, 0.3) is 0 Å². The third-order valence-electron chi connectivity index (χ3n) is 2.75. The monoisotopic (exact) mass is 257 g/mol. The summed E-state index contributed by atoms with van der Waals surface area (Å²) in [7, 11) is 0. The van der Waals surface area contributed by atoms with E-state index in [4.69, 9.17) is 0 Å². The molecular formula is C10H12BrNO2. The van der Waals surface area contributed by atoms with E-state index in [1.54, 1.807) is 23.8 Å². The van der Waals surface area contributed by atoms with Crippen LogP contribution in [0.3, 0.4) is 0 Å². The number of rotatable bonds is 1. The SMILES string of the molecule is Cc1cc(Br)cn(C2CC[C@H]2O)c1=O. The maximum atomic E-state index is 11.7. The smallest absolute Gasteiger partial charge is 0.253 e. The highest BCUT2D eigenvalue weighted by atomic mass is 79.9. The van der Waals surface area contributed by atoms with Gasteiger partial charge in [0.15, 0.2) is 0 Å². The fourth-order valence-electron chi connectivity index (χ4n) is 1.74. The number of hydrogen-bond acceptors (Lipinski definition) is 2. The van der Waals surface area contributed by atoms with Crippen LogP contribution in [0.1, 0.15) is 24.4 Å². The molecule has 1 unspecified atom stereocenters. The summed E-state index contributed by atoms with van der Waals surface area (Å²) in [6, 6.07) is 1.77. The van der Waals surface area contributed by atoms with Crippen molar-refractivity contribution in [3.8, 4) is 0 Å². The average molecular weight is 258 g/mol. The Balaban J connectivity index is 2.47. The number of nitrogens with zero attached hydrogens (tertiary/aromatic N) is 1. The molecule has 76 valence electrons. The zero-order chi connectivity index (χ0) is 10.3. The first kappa shape index (κ1) is 9.93. The average Bonchev–Trinajstić information content (AvgIpc) is 2.11. The molecule has 1 aliphatic rings. The summed E-state index contributed by atoms with van der Waals surface area (Å²) in [4.78, 5) is 11.7. The molecule has 2 atom stereocenters. The number of pyridine rings is 1. The summed E-state index contributed by atoms with van der Waals surface area (Å²) in [5, 5.41) is 9.49. The molecule has 2 rings (SSSR count). The Kier molecular flexibility index (Phi) is 2.49. The van der Waals surface area contributed by atoms with Crippen LogP contribution in [0.4, 0.5) is 0 Å². The normalized spacial score (nSPS) is 25.9. The van der Waals surface area contributed by atoms with Gasteiger partial charge >= 0.3 is 0 Å². The van der Waals surface area contributed by atoms with Crippen LogP contribution in [0, 0.1) is 6.92 Å². The van der Waals surface area contributed by atoms with Crippen LogP contribution in [-0.4, -0.2) is 15.8 Å². The third kappa shape index (κ3) is 1.53. The summed E-state index contributed by atoms with van der Waals surface area (Å²) in [5.74, 6) is 0. The van der Waals surface area contributed by atoms with E-state index in [-0.39, 0.29) is 17.7 Å². The number of aliphatic hydroxyl groups excluding tert-OH is 1. The van der Waals surface area contributed by atoms with Gasteiger partial charge in [0.2, 0.25) is 0 Å². The van der Waals surface area contributed by atoms with E-state index in [2.05, 4.69) is 15.9 Å². The molecule has 0 bridgehead atoms. The van der Waals surface area contributed by atoms with Gasteiger partial charge < -0.3 is 9.67 Å². The van der Waals surface area contributed by atoms with Crippen LogP contribution >= 0.6 is 15.9 Å². The van der Waals surface area contributed by atoms with Crippen molar-refractivity contribution >= 4 is 15.9 Å². The van der Waals surface area contributed by atoms with Gasteiger partial charge in [0, 0.05) is 16.2 Å². The molecule has 1 N–H and O–H groups in total. The summed E-state index contributed by atoms with van der Waals surface area (Å²) < 4.78 is 2.52. The van der Waals surface area contributed by atoms with E-state index < -0.39 is 0 Å². The lowest BCUT2D eigenvalue weighted by molar-refractivity contribution is 0.0297. The molecule has 4 heteroatoms. The van der Waals surface area contributed by atoms with Crippen molar-refractivity contribution in [1.29, 1.82) is 0 Å². The molecule has 0 amide bonds. The van der Waals surface area contributed by atoms with E-state index in [0.717, 1.165) is 17.3 Å². The first-order valence-corrected chi connectivity index (χ1v) is 5.45. The van der Waals surface area contributed by atoms with Gasteiger partial charge in [-0.15, -0.1) is 0 Å². The zero-order valence-electron chi connectivity index (χ0n) is 7.90. The van der Waals surface area contributed by atoms with Gasteiger partial charge in [-0.3, -0.25) is 4.79 Å². The van der Waals surface area contributed by atoms with Gasteiger partial charge in [0.05, 0.1) is 12.1 Å². The molecule has 0 aromatic carbocycles. The highest BCUT2D eigenvalue weighted by molar-refractivity contribution is 9.10. The van der Waals surface area contributed by atoms with E-state index in [0.29, 0.717) is 5.56 Å². The zero-order valence-corrected chi connectivity index (χ0v) is 9.49. The van der Waals surface area contributed by atoms with Crippen molar-refractivity contribution in [3.63, 3.8) is 0 Å². The van der Waals surface area contributed by atoms with Crippen LogP contribution in [0.5, 0.6) is 0 Å². The second-order valence-corrected chi connectivity index (χ2v) is 4.68. The first-order valence-electron chi connectivity index (χ1n) is 4.66. The van der Waals surface area contributed by atoms with Crippen molar-refractivity contribution in [3.05, 3.63) is 32.7 Å². The van der Waals surface area contributed by atoms with Gasteiger partial charge in [-0.2, -0.15) is 0 Å². The summed E-state index contributed by atoms with van der Waals surface area (Å²) in [6.07, 6.45) is 3.07. The molecule has 0 saturated heterocycles. The number of halogens is 1. The largest absolute Gasteiger partial charge is 0.391 e. The van der Waals surface area contributed by atoms with Gasteiger partial charge in [0.25, 0.3) is 5.56 Å². The van der Waals surface area contributed by atoms with Crippen molar-refractivity contribution in [2.24, 2.45) is 0 Å². The highest BCUT2D eigenvalue weighted by Gasteiger charge is 2.31. The van der Waals surface area contributed by atoms with Crippen LogP contribution in [-0.2, 0) is 0 Å². The second-order valence-electron chi connectivity index (χ2n) is 3.77. The van der Waals surface area contributed by atoms with Gasteiger partial charge in [-0.05, 0) is 41.8 Å². The maximum Gasteiger partial charge on any atom is 0.253 e. The molecular weight excluding hydrogens is 246 g/mol. The van der Waals surface area contributed by atoms with E-state index in [9.17, 15) is 9.90 Å². The molecule has 1 fully saturated rings. The van der Waals surface area contributed by atoms with E-state index >= 15 is 0 Å². The van der Waals surface area contributed by atoms with Gasteiger partial charge in [-0.1, -0.05) is 0 Å². The molecule has 14 heavy (non-hydrogen) atoms. The van der Waals surface area contributed by atoms with Crippen LogP contribution in [0.2, 0.25) is 0 Å². The lowest BCUT2D eigenvalue weighted by Gasteiger charge is -2.34. The topological polar surface area (TPSA) is 42.2 Å². The minimum atomic E-state index is -0.360. The molecule has 3 nitrogen and oxygen atoms in total. The quantitative estimate of drug-likeness (QED) is 0.831. The van der Waals surface area contributed by atoms with Crippen LogP contribution < -0.4 is 5.56 Å². The highest BCUT2D eigenvalue weighted by Crippen LogP contribution is 2.31. The molecule has 1 aromatic heterocycles. The molecule has 0 spiro atoms. The predicted octanol–water partition coefficient (Wildman–Crippen LogP) is 1.62.